The zero-order valence-corrected chi connectivity index (χ0v) is 10.6. The van der Waals surface area contributed by atoms with Crippen LogP contribution in [0.1, 0.15) is 12.8 Å². The van der Waals surface area contributed by atoms with Crippen molar-refractivity contribution in [3.63, 3.8) is 0 Å². The number of aliphatic carboxylic acids is 1. The highest BCUT2D eigenvalue weighted by Crippen LogP contribution is 2.50. The Morgan fingerprint density at radius 3 is 2.68 bits per heavy atom. The second kappa shape index (κ2) is 4.24. The number of nitrogens with one attached hydrogen (secondary N) is 1. The number of aliphatic hydroxyl groups excluding tert-OH is 1. The molecule has 0 bridgehead atoms. The highest BCUT2D eigenvalue weighted by Gasteiger charge is 2.55. The number of amides is 2. The quantitative estimate of drug-likeness (QED) is 0.577. The molecule has 7 nitrogen and oxygen atoms in total. The van der Waals surface area contributed by atoms with Crippen LogP contribution in [0.2, 0.25) is 0 Å². The van der Waals surface area contributed by atoms with Crippen molar-refractivity contribution in [2.45, 2.75) is 24.3 Å². The SMILES string of the molecule is O=C1C[C@@H](CC2=C(C(=O)O)N3C(=O)[C@H](CO)[C@H]3S2)N1. The highest BCUT2D eigenvalue weighted by molar-refractivity contribution is 8.04. The lowest BCUT2D eigenvalue weighted by molar-refractivity contribution is -0.153. The molecule has 0 aliphatic carbocycles. The lowest BCUT2D eigenvalue weighted by atomic mass is 9.97. The molecule has 3 N–H and O–H groups in total. The Labute approximate surface area is 112 Å². The summed E-state index contributed by atoms with van der Waals surface area (Å²) < 4.78 is 0. The van der Waals surface area contributed by atoms with E-state index in [-0.39, 0.29) is 35.5 Å². The Morgan fingerprint density at radius 1 is 1.47 bits per heavy atom. The first-order valence-corrected chi connectivity index (χ1v) is 6.77. The predicted molar refractivity (Wildman–Crippen MR) is 64.6 cm³/mol. The molecule has 2 fully saturated rings. The largest absolute Gasteiger partial charge is 0.477 e. The Balaban J connectivity index is 1.80. The number of rotatable bonds is 4. The van der Waals surface area contributed by atoms with Crippen molar-refractivity contribution >= 4 is 29.5 Å². The normalized spacial score (nSPS) is 32.7. The lowest BCUT2D eigenvalue weighted by Crippen LogP contribution is -2.58. The van der Waals surface area contributed by atoms with Gasteiger partial charge in [-0.05, 0) is 0 Å². The summed E-state index contributed by atoms with van der Waals surface area (Å²) in [4.78, 5) is 35.7. The molecule has 2 saturated heterocycles. The smallest absolute Gasteiger partial charge is 0.353 e. The molecule has 0 saturated carbocycles. The topological polar surface area (TPSA) is 107 Å². The number of carboxylic acid groups (broad SMARTS) is 1. The molecular formula is C11H12N2O5S. The van der Waals surface area contributed by atoms with E-state index in [2.05, 4.69) is 5.32 Å². The van der Waals surface area contributed by atoms with Gasteiger partial charge in [0.25, 0.3) is 0 Å². The minimum Gasteiger partial charge on any atom is -0.477 e. The summed E-state index contributed by atoms with van der Waals surface area (Å²) in [7, 11) is 0. The third kappa shape index (κ3) is 1.74. The monoisotopic (exact) mass is 284 g/mol. The number of fused-ring (bicyclic) bond motifs is 1. The van der Waals surface area contributed by atoms with Gasteiger partial charge in [-0.1, -0.05) is 0 Å². The van der Waals surface area contributed by atoms with Crippen molar-refractivity contribution in [2.24, 2.45) is 5.92 Å². The van der Waals surface area contributed by atoms with E-state index < -0.39 is 11.9 Å². The van der Waals surface area contributed by atoms with Crippen LogP contribution in [0.3, 0.4) is 0 Å². The third-order valence-corrected chi connectivity index (χ3v) is 4.97. The lowest BCUT2D eigenvalue weighted by Gasteiger charge is -2.41. The van der Waals surface area contributed by atoms with Gasteiger partial charge in [-0.25, -0.2) is 4.79 Å². The number of aliphatic hydroxyl groups is 1. The van der Waals surface area contributed by atoms with Crippen molar-refractivity contribution in [1.29, 1.82) is 0 Å². The molecule has 0 aromatic rings. The summed E-state index contributed by atoms with van der Waals surface area (Å²) in [5.74, 6) is -2.05. The summed E-state index contributed by atoms with van der Waals surface area (Å²) in [6.45, 7) is -0.270. The fourth-order valence-electron chi connectivity index (χ4n) is 2.54. The van der Waals surface area contributed by atoms with E-state index in [1.54, 1.807) is 0 Å². The van der Waals surface area contributed by atoms with Crippen molar-refractivity contribution in [3.05, 3.63) is 10.6 Å². The van der Waals surface area contributed by atoms with Gasteiger partial charge in [0.15, 0.2) is 0 Å². The van der Waals surface area contributed by atoms with Crippen molar-refractivity contribution in [3.8, 4) is 0 Å². The molecule has 0 radical (unpaired) electrons. The number of hydrogen-bond donors (Lipinski definition) is 3. The molecule has 3 heterocycles. The van der Waals surface area contributed by atoms with E-state index in [9.17, 15) is 19.5 Å². The minimum absolute atomic E-state index is 0.00542. The molecule has 3 rings (SSSR count). The van der Waals surface area contributed by atoms with Crippen LogP contribution in [0, 0.1) is 5.92 Å². The summed E-state index contributed by atoms with van der Waals surface area (Å²) in [5.41, 5.74) is 0.00542. The number of carboxylic acids is 1. The Bertz CT molecular complexity index is 509. The summed E-state index contributed by atoms with van der Waals surface area (Å²) >= 11 is 1.30. The fraction of sp³-hybridized carbons (Fsp3) is 0.545. The van der Waals surface area contributed by atoms with Crippen LogP contribution in [-0.2, 0) is 14.4 Å². The molecule has 3 aliphatic heterocycles. The van der Waals surface area contributed by atoms with Crippen LogP contribution in [0.4, 0.5) is 0 Å². The molecular weight excluding hydrogens is 272 g/mol. The molecule has 0 unspecified atom stereocenters. The number of carbonyl (C=O) groups excluding carboxylic acids is 2. The standard InChI is InChI=1S/C11H12N2O5S/c14-3-5-9(16)13-8(11(17)18)6(19-10(5)13)1-4-2-7(15)12-4/h4-5,10,14H,1-3H2,(H,12,15)(H,17,18)/t4-,5+,10-/m1/s1. The van der Waals surface area contributed by atoms with E-state index in [1.807, 2.05) is 0 Å². The van der Waals surface area contributed by atoms with Crippen molar-refractivity contribution in [2.75, 3.05) is 6.61 Å². The van der Waals surface area contributed by atoms with E-state index in [4.69, 9.17) is 5.11 Å². The fourth-order valence-corrected chi connectivity index (χ4v) is 4.11. The minimum atomic E-state index is -1.14. The van der Waals surface area contributed by atoms with Gasteiger partial charge < -0.3 is 15.5 Å². The molecule has 3 aliphatic rings. The van der Waals surface area contributed by atoms with Crippen molar-refractivity contribution in [1.82, 2.24) is 10.2 Å². The maximum Gasteiger partial charge on any atom is 0.353 e. The van der Waals surface area contributed by atoms with E-state index >= 15 is 0 Å². The molecule has 0 aromatic heterocycles. The Kier molecular flexibility index (Phi) is 2.79. The average molecular weight is 284 g/mol. The van der Waals surface area contributed by atoms with E-state index in [0.29, 0.717) is 17.7 Å². The van der Waals surface area contributed by atoms with E-state index in [0.717, 1.165) is 0 Å². The van der Waals surface area contributed by atoms with Gasteiger partial charge in [0.2, 0.25) is 11.8 Å². The molecule has 2 amide bonds. The number of hydrogen-bond acceptors (Lipinski definition) is 5. The summed E-state index contributed by atoms with van der Waals surface area (Å²) in [6.07, 6.45) is 0.815. The maximum absolute atomic E-state index is 11.7. The van der Waals surface area contributed by atoms with Crippen LogP contribution < -0.4 is 5.32 Å². The number of nitrogens with zero attached hydrogens (tertiary/aromatic N) is 1. The van der Waals surface area contributed by atoms with Crippen LogP contribution in [-0.4, -0.2) is 50.9 Å². The summed E-state index contributed by atoms with van der Waals surface area (Å²) in [5, 5.41) is 20.7. The maximum atomic E-state index is 11.7. The predicted octanol–water partition coefficient (Wildman–Crippen LogP) is -0.915. The zero-order valence-electron chi connectivity index (χ0n) is 9.83. The van der Waals surface area contributed by atoms with E-state index in [1.165, 1.54) is 16.7 Å². The van der Waals surface area contributed by atoms with Crippen LogP contribution in [0.25, 0.3) is 0 Å². The molecule has 0 spiro atoms. The number of thioether (sulfide) groups is 1. The first-order valence-electron chi connectivity index (χ1n) is 5.89. The van der Waals surface area contributed by atoms with Gasteiger partial charge in [-0.15, -0.1) is 11.8 Å². The average Bonchev–Trinajstić information content (AvgIpc) is 2.63. The van der Waals surface area contributed by atoms with Crippen LogP contribution in [0.5, 0.6) is 0 Å². The molecule has 8 heteroatoms. The third-order valence-electron chi connectivity index (χ3n) is 3.55. The van der Waals surface area contributed by atoms with Crippen molar-refractivity contribution < 1.29 is 24.6 Å². The Morgan fingerprint density at radius 2 is 2.16 bits per heavy atom. The van der Waals surface area contributed by atoms with Crippen LogP contribution in [0.15, 0.2) is 10.6 Å². The molecule has 3 atom stereocenters. The Hall–Kier alpha value is -1.54. The first-order chi connectivity index (χ1) is 9.02. The number of β-lactam (4-membered cyclic amide) rings is 2. The molecule has 19 heavy (non-hydrogen) atoms. The zero-order chi connectivity index (χ0) is 13.7. The molecule has 102 valence electrons. The van der Waals surface area contributed by atoms with Gasteiger partial charge in [-0.2, -0.15) is 0 Å². The molecule has 0 aromatic carbocycles. The van der Waals surface area contributed by atoms with Crippen LogP contribution >= 0.6 is 11.8 Å². The number of carbonyl (C=O) groups is 3. The van der Waals surface area contributed by atoms with Gasteiger partial charge >= 0.3 is 5.97 Å². The van der Waals surface area contributed by atoms with Gasteiger partial charge in [-0.3, -0.25) is 14.5 Å². The highest BCUT2D eigenvalue weighted by atomic mass is 32.2. The van der Waals surface area contributed by atoms with Gasteiger partial charge in [0.05, 0.1) is 12.5 Å². The second-order valence-corrected chi connectivity index (χ2v) is 5.97. The summed E-state index contributed by atoms with van der Waals surface area (Å²) in [6, 6.07) is -0.0503. The second-order valence-electron chi connectivity index (χ2n) is 4.76. The first kappa shape index (κ1) is 12.5. The van der Waals surface area contributed by atoms with Gasteiger partial charge in [0.1, 0.15) is 11.1 Å². The van der Waals surface area contributed by atoms with Gasteiger partial charge in [0, 0.05) is 23.8 Å².